The van der Waals surface area contributed by atoms with Crippen molar-refractivity contribution in [1.82, 2.24) is 10.2 Å². The van der Waals surface area contributed by atoms with Gasteiger partial charge in [-0.3, -0.25) is 0 Å². The molecule has 0 aromatic carbocycles. The molecule has 1 fully saturated rings. The van der Waals surface area contributed by atoms with E-state index in [1.807, 2.05) is 0 Å². The zero-order valence-electron chi connectivity index (χ0n) is 12.9. The fourth-order valence-corrected chi connectivity index (χ4v) is 3.22. The normalized spacial score (nSPS) is 19.3. The summed E-state index contributed by atoms with van der Waals surface area (Å²) in [5.74, 6) is 0.970. The Balaban J connectivity index is 2.23. The summed E-state index contributed by atoms with van der Waals surface area (Å²) in [5.41, 5.74) is 0. The van der Waals surface area contributed by atoms with Crippen LogP contribution in [0.25, 0.3) is 0 Å². The molecule has 0 aliphatic heterocycles. The lowest BCUT2D eigenvalue weighted by Gasteiger charge is -2.30. The minimum absolute atomic E-state index is 0.698. The molecule has 0 radical (unpaired) electrons. The summed E-state index contributed by atoms with van der Waals surface area (Å²) in [5, 5.41) is 3.70. The summed E-state index contributed by atoms with van der Waals surface area (Å²) in [6.45, 7) is 8.25. The number of nitrogens with one attached hydrogen (secondary N) is 1. The first-order chi connectivity index (χ1) is 8.76. The van der Waals surface area contributed by atoms with Crippen LogP contribution >= 0.6 is 0 Å². The Bertz CT molecular complexity index is 188. The first-order valence-corrected chi connectivity index (χ1v) is 8.18. The Morgan fingerprint density at radius 2 is 1.83 bits per heavy atom. The lowest BCUT2D eigenvalue weighted by atomic mass is 9.89. The van der Waals surface area contributed by atoms with E-state index in [1.54, 1.807) is 0 Å². The van der Waals surface area contributed by atoms with Gasteiger partial charge in [0.1, 0.15) is 0 Å². The highest BCUT2D eigenvalue weighted by atomic mass is 15.1. The molecule has 1 unspecified atom stereocenters. The van der Waals surface area contributed by atoms with E-state index in [4.69, 9.17) is 0 Å². The molecule has 0 amide bonds. The summed E-state index contributed by atoms with van der Waals surface area (Å²) in [4.78, 5) is 2.57. The van der Waals surface area contributed by atoms with Crippen LogP contribution in [0.5, 0.6) is 0 Å². The predicted molar refractivity (Wildman–Crippen MR) is 81.1 cm³/mol. The summed E-state index contributed by atoms with van der Waals surface area (Å²) in [7, 11) is 2.31. The van der Waals surface area contributed by atoms with Gasteiger partial charge in [-0.05, 0) is 45.2 Å². The number of hydrogen-bond acceptors (Lipinski definition) is 2. The van der Waals surface area contributed by atoms with Gasteiger partial charge in [0.05, 0.1) is 0 Å². The lowest BCUT2D eigenvalue weighted by Crippen LogP contribution is -2.41. The van der Waals surface area contributed by atoms with Gasteiger partial charge in [-0.15, -0.1) is 0 Å². The lowest BCUT2D eigenvalue weighted by molar-refractivity contribution is 0.212. The molecule has 0 saturated heterocycles. The Kier molecular flexibility index (Phi) is 8.70. The monoisotopic (exact) mass is 254 g/mol. The maximum Gasteiger partial charge on any atom is 0.0194 e. The molecule has 18 heavy (non-hydrogen) atoms. The molecular weight excluding hydrogens is 220 g/mol. The van der Waals surface area contributed by atoms with Crippen molar-refractivity contribution in [3.63, 3.8) is 0 Å². The van der Waals surface area contributed by atoms with Gasteiger partial charge < -0.3 is 10.2 Å². The van der Waals surface area contributed by atoms with E-state index in [9.17, 15) is 0 Å². The van der Waals surface area contributed by atoms with Crippen LogP contribution in [0.1, 0.15) is 65.2 Å². The smallest absolute Gasteiger partial charge is 0.0194 e. The standard InChI is InChI=1S/C16H34N2/c1-4-9-16(17-12-5-2)14-18(3)13-15-10-7-6-8-11-15/h15-17H,4-14H2,1-3H3. The van der Waals surface area contributed by atoms with E-state index in [2.05, 4.69) is 31.1 Å². The second-order valence-corrected chi connectivity index (χ2v) is 6.16. The predicted octanol–water partition coefficient (Wildman–Crippen LogP) is 3.67. The van der Waals surface area contributed by atoms with E-state index in [-0.39, 0.29) is 0 Å². The van der Waals surface area contributed by atoms with Crippen molar-refractivity contribution < 1.29 is 0 Å². The van der Waals surface area contributed by atoms with Crippen LogP contribution < -0.4 is 5.32 Å². The SMILES string of the molecule is CCCNC(CCC)CN(C)CC1CCCCC1. The van der Waals surface area contributed by atoms with Gasteiger partial charge in [-0.2, -0.15) is 0 Å². The second kappa shape index (κ2) is 9.80. The highest BCUT2D eigenvalue weighted by Gasteiger charge is 2.17. The van der Waals surface area contributed by atoms with Gasteiger partial charge in [0.25, 0.3) is 0 Å². The summed E-state index contributed by atoms with van der Waals surface area (Å²) >= 11 is 0. The second-order valence-electron chi connectivity index (χ2n) is 6.16. The first kappa shape index (κ1) is 16.0. The quantitative estimate of drug-likeness (QED) is 0.675. The largest absolute Gasteiger partial charge is 0.313 e. The molecule has 2 heteroatoms. The highest BCUT2D eigenvalue weighted by Crippen LogP contribution is 2.24. The molecule has 2 nitrogen and oxygen atoms in total. The third-order valence-corrected chi connectivity index (χ3v) is 4.15. The van der Waals surface area contributed by atoms with Crippen molar-refractivity contribution in [3.8, 4) is 0 Å². The van der Waals surface area contributed by atoms with E-state index >= 15 is 0 Å². The van der Waals surface area contributed by atoms with E-state index in [0.29, 0.717) is 6.04 Å². The maximum atomic E-state index is 3.70. The van der Waals surface area contributed by atoms with Gasteiger partial charge in [0.15, 0.2) is 0 Å². The molecule has 108 valence electrons. The molecule has 1 aliphatic carbocycles. The van der Waals surface area contributed by atoms with Crippen molar-refractivity contribution in [2.45, 2.75) is 71.3 Å². The average molecular weight is 254 g/mol. The van der Waals surface area contributed by atoms with Crippen LogP contribution in [0.2, 0.25) is 0 Å². The molecule has 1 saturated carbocycles. The summed E-state index contributed by atoms with van der Waals surface area (Å²) in [6, 6.07) is 0.698. The third-order valence-electron chi connectivity index (χ3n) is 4.15. The molecular formula is C16H34N2. The van der Waals surface area contributed by atoms with Crippen molar-refractivity contribution in [3.05, 3.63) is 0 Å². The van der Waals surface area contributed by atoms with E-state index in [0.717, 1.165) is 5.92 Å². The fourth-order valence-electron chi connectivity index (χ4n) is 3.22. The first-order valence-electron chi connectivity index (χ1n) is 8.18. The Hall–Kier alpha value is -0.0800. The van der Waals surface area contributed by atoms with Gasteiger partial charge in [-0.1, -0.05) is 39.5 Å². The molecule has 1 N–H and O–H groups in total. The van der Waals surface area contributed by atoms with Gasteiger partial charge in [-0.25, -0.2) is 0 Å². The van der Waals surface area contributed by atoms with Crippen LogP contribution in [-0.2, 0) is 0 Å². The minimum Gasteiger partial charge on any atom is -0.313 e. The number of rotatable bonds is 9. The Morgan fingerprint density at radius 3 is 2.44 bits per heavy atom. The van der Waals surface area contributed by atoms with Gasteiger partial charge >= 0.3 is 0 Å². The van der Waals surface area contributed by atoms with Gasteiger partial charge in [0.2, 0.25) is 0 Å². The van der Waals surface area contributed by atoms with Crippen LogP contribution in [-0.4, -0.2) is 37.6 Å². The van der Waals surface area contributed by atoms with Crippen molar-refractivity contribution in [2.75, 3.05) is 26.7 Å². The van der Waals surface area contributed by atoms with Crippen molar-refractivity contribution in [2.24, 2.45) is 5.92 Å². The third kappa shape index (κ3) is 6.75. The van der Waals surface area contributed by atoms with Crippen LogP contribution in [0.4, 0.5) is 0 Å². The number of likely N-dealkylation sites (N-methyl/N-ethyl adjacent to an activating group) is 1. The van der Waals surface area contributed by atoms with Crippen LogP contribution in [0, 0.1) is 5.92 Å². The Morgan fingerprint density at radius 1 is 1.11 bits per heavy atom. The van der Waals surface area contributed by atoms with Crippen molar-refractivity contribution >= 4 is 0 Å². The fraction of sp³-hybridized carbons (Fsp3) is 1.00. The minimum atomic E-state index is 0.698. The van der Waals surface area contributed by atoms with E-state index in [1.165, 1.54) is 71.0 Å². The molecule has 0 bridgehead atoms. The molecule has 1 atom stereocenters. The van der Waals surface area contributed by atoms with E-state index < -0.39 is 0 Å². The molecule has 0 heterocycles. The van der Waals surface area contributed by atoms with Gasteiger partial charge in [0, 0.05) is 19.1 Å². The topological polar surface area (TPSA) is 15.3 Å². The summed E-state index contributed by atoms with van der Waals surface area (Å²) < 4.78 is 0. The van der Waals surface area contributed by atoms with Crippen molar-refractivity contribution in [1.29, 1.82) is 0 Å². The average Bonchev–Trinajstić information content (AvgIpc) is 2.37. The molecule has 0 spiro atoms. The molecule has 0 aromatic heterocycles. The molecule has 0 aromatic rings. The van der Waals surface area contributed by atoms with Crippen LogP contribution in [0.3, 0.4) is 0 Å². The zero-order chi connectivity index (χ0) is 13.2. The maximum absolute atomic E-state index is 3.70. The van der Waals surface area contributed by atoms with Crippen LogP contribution in [0.15, 0.2) is 0 Å². The number of hydrogen-bond donors (Lipinski definition) is 1. The molecule has 1 rings (SSSR count). The highest BCUT2D eigenvalue weighted by molar-refractivity contribution is 4.74. The number of nitrogens with zero attached hydrogens (tertiary/aromatic N) is 1. The molecule has 1 aliphatic rings. The zero-order valence-corrected chi connectivity index (χ0v) is 12.9. The Labute approximate surface area is 115 Å². The summed E-state index contributed by atoms with van der Waals surface area (Å²) in [6.07, 6.45) is 11.2.